The largest absolute Gasteiger partial charge is 0.274 e. The molecule has 2 atom stereocenters. The molecular weight excluding hydrogens is 224 g/mol. The van der Waals surface area contributed by atoms with Gasteiger partial charge in [-0.2, -0.15) is 5.10 Å². The number of carbonyl (C=O) groups excluding carboxylic acids is 1. The third kappa shape index (κ3) is 1.21. The van der Waals surface area contributed by atoms with Crippen molar-refractivity contribution in [2.75, 3.05) is 0 Å². The number of alkyl halides is 1. The summed E-state index contributed by atoms with van der Waals surface area (Å²) in [6, 6.07) is 8.94. The zero-order valence-corrected chi connectivity index (χ0v) is 9.13. The van der Waals surface area contributed by atoms with Gasteiger partial charge in [0.2, 0.25) is 0 Å². The van der Waals surface area contributed by atoms with E-state index in [9.17, 15) is 4.79 Å². The van der Waals surface area contributed by atoms with Gasteiger partial charge in [-0.15, -0.1) is 11.6 Å². The highest BCUT2D eigenvalue weighted by atomic mass is 35.5. The Morgan fingerprint density at radius 3 is 2.69 bits per heavy atom. The van der Waals surface area contributed by atoms with Crippen molar-refractivity contribution in [3.8, 4) is 0 Å². The second-order valence-electron chi connectivity index (χ2n) is 3.89. The Bertz CT molecular complexity index is 497. The van der Waals surface area contributed by atoms with Gasteiger partial charge >= 0.3 is 0 Å². The number of hydrazone groups is 1. The van der Waals surface area contributed by atoms with E-state index in [1.54, 1.807) is 18.3 Å². The molecule has 1 aromatic carbocycles. The Labute approximate surface area is 98.0 Å². The van der Waals surface area contributed by atoms with Crippen LogP contribution in [-0.2, 0) is 0 Å². The minimum absolute atomic E-state index is 0.117. The fourth-order valence-electron chi connectivity index (χ4n) is 1.87. The molecular formula is C12H9ClN2O. The van der Waals surface area contributed by atoms with E-state index >= 15 is 0 Å². The number of halogens is 1. The number of rotatable bonds is 1. The lowest BCUT2D eigenvalue weighted by molar-refractivity contribution is 0.0725. The average Bonchev–Trinajstić information content (AvgIpc) is 2.53. The Morgan fingerprint density at radius 1 is 1.38 bits per heavy atom. The molecule has 80 valence electrons. The molecule has 2 unspecified atom stereocenters. The Balaban J connectivity index is 1.89. The molecule has 1 heterocycles. The van der Waals surface area contributed by atoms with Crippen LogP contribution in [0.5, 0.6) is 0 Å². The van der Waals surface area contributed by atoms with Gasteiger partial charge in [-0.05, 0) is 12.1 Å². The number of amides is 1. The summed E-state index contributed by atoms with van der Waals surface area (Å²) >= 11 is 6.20. The monoisotopic (exact) mass is 232 g/mol. The molecule has 0 saturated carbocycles. The fraction of sp³-hybridized carbons (Fsp3) is 0.167. The van der Waals surface area contributed by atoms with Crippen molar-refractivity contribution in [2.45, 2.75) is 10.9 Å². The van der Waals surface area contributed by atoms with Crippen LogP contribution in [0.2, 0.25) is 0 Å². The Morgan fingerprint density at radius 2 is 2.12 bits per heavy atom. The van der Waals surface area contributed by atoms with E-state index in [1.165, 1.54) is 5.01 Å². The molecule has 0 N–H and O–H groups in total. The molecule has 1 amide bonds. The van der Waals surface area contributed by atoms with Gasteiger partial charge in [0.1, 0.15) is 10.9 Å². The molecule has 0 saturated heterocycles. The van der Waals surface area contributed by atoms with Crippen LogP contribution in [0.3, 0.4) is 0 Å². The summed E-state index contributed by atoms with van der Waals surface area (Å²) in [6.45, 7) is 0. The van der Waals surface area contributed by atoms with Crippen molar-refractivity contribution < 1.29 is 4.79 Å². The molecule has 3 rings (SSSR count). The molecule has 0 bridgehead atoms. The van der Waals surface area contributed by atoms with Gasteiger partial charge in [0.05, 0.1) is 6.21 Å². The maximum atomic E-state index is 12.1. The van der Waals surface area contributed by atoms with Crippen LogP contribution in [0, 0.1) is 0 Å². The number of nitrogens with zero attached hydrogens (tertiary/aromatic N) is 2. The first-order chi connectivity index (χ1) is 7.71. The SMILES string of the molecule is O=C(c1ccccc1)N1N=CC2(Cl)C=CC12. The van der Waals surface area contributed by atoms with Crippen LogP contribution in [0.25, 0.3) is 0 Å². The molecule has 3 nitrogen and oxygen atoms in total. The first-order valence-corrected chi connectivity index (χ1v) is 5.40. The second kappa shape index (κ2) is 3.19. The lowest BCUT2D eigenvalue weighted by Crippen LogP contribution is -2.48. The second-order valence-corrected chi connectivity index (χ2v) is 4.55. The Kier molecular flexibility index (Phi) is 1.91. The van der Waals surface area contributed by atoms with E-state index in [-0.39, 0.29) is 11.9 Å². The van der Waals surface area contributed by atoms with Crippen LogP contribution in [0.1, 0.15) is 10.4 Å². The topological polar surface area (TPSA) is 32.7 Å². The maximum absolute atomic E-state index is 12.1. The molecule has 0 spiro atoms. The van der Waals surface area contributed by atoms with Gasteiger partial charge in [-0.3, -0.25) is 4.79 Å². The summed E-state index contributed by atoms with van der Waals surface area (Å²) < 4.78 is 0. The summed E-state index contributed by atoms with van der Waals surface area (Å²) in [5.74, 6) is -0.117. The van der Waals surface area contributed by atoms with Crippen LogP contribution >= 0.6 is 11.6 Å². The third-order valence-electron chi connectivity index (χ3n) is 2.86. The minimum Gasteiger partial charge on any atom is -0.267 e. The zero-order chi connectivity index (χ0) is 11.2. The van der Waals surface area contributed by atoms with Crippen molar-refractivity contribution in [1.29, 1.82) is 0 Å². The predicted molar refractivity (Wildman–Crippen MR) is 62.6 cm³/mol. The van der Waals surface area contributed by atoms with Crippen molar-refractivity contribution in [3.63, 3.8) is 0 Å². The Hall–Kier alpha value is -1.61. The molecule has 0 aromatic heterocycles. The van der Waals surface area contributed by atoms with Crippen molar-refractivity contribution in [2.24, 2.45) is 5.10 Å². The third-order valence-corrected chi connectivity index (χ3v) is 3.31. The van der Waals surface area contributed by atoms with Gasteiger partial charge in [-0.25, -0.2) is 5.01 Å². The van der Waals surface area contributed by atoms with E-state index in [0.717, 1.165) is 0 Å². The highest BCUT2D eigenvalue weighted by Gasteiger charge is 2.48. The predicted octanol–water partition coefficient (Wildman–Crippen LogP) is 2.04. The molecule has 1 aliphatic heterocycles. The molecule has 1 aromatic rings. The normalized spacial score (nSPS) is 30.1. The zero-order valence-electron chi connectivity index (χ0n) is 8.38. The number of fused-ring (bicyclic) bond motifs is 1. The van der Waals surface area contributed by atoms with E-state index in [1.807, 2.05) is 30.4 Å². The van der Waals surface area contributed by atoms with E-state index in [4.69, 9.17) is 11.6 Å². The van der Waals surface area contributed by atoms with Gasteiger partial charge in [0, 0.05) is 5.56 Å². The maximum Gasteiger partial charge on any atom is 0.274 e. The summed E-state index contributed by atoms with van der Waals surface area (Å²) in [4.78, 5) is 11.5. The van der Waals surface area contributed by atoms with Crippen LogP contribution in [0.15, 0.2) is 47.6 Å². The van der Waals surface area contributed by atoms with Crippen LogP contribution in [-0.4, -0.2) is 28.0 Å². The lowest BCUT2D eigenvalue weighted by Gasteiger charge is -2.33. The fourth-order valence-corrected chi connectivity index (χ4v) is 2.15. The molecule has 16 heavy (non-hydrogen) atoms. The van der Waals surface area contributed by atoms with E-state index in [0.29, 0.717) is 5.56 Å². The smallest absolute Gasteiger partial charge is 0.267 e. The molecule has 0 fully saturated rings. The summed E-state index contributed by atoms with van der Waals surface area (Å²) in [5, 5.41) is 5.51. The summed E-state index contributed by atoms with van der Waals surface area (Å²) in [6.07, 6.45) is 5.35. The first-order valence-electron chi connectivity index (χ1n) is 5.03. The van der Waals surface area contributed by atoms with Crippen LogP contribution in [0.4, 0.5) is 0 Å². The summed E-state index contributed by atoms with van der Waals surface area (Å²) in [7, 11) is 0. The number of carbonyl (C=O) groups is 1. The standard InChI is InChI=1S/C12H9ClN2O/c13-12-7-6-10(12)15(14-8-12)11(16)9-4-2-1-3-5-9/h1-8,10H. The van der Waals surface area contributed by atoms with E-state index in [2.05, 4.69) is 5.10 Å². The molecule has 1 aliphatic carbocycles. The summed E-state index contributed by atoms with van der Waals surface area (Å²) in [5.41, 5.74) is 0.626. The quantitative estimate of drug-likeness (QED) is 0.539. The highest BCUT2D eigenvalue weighted by Crippen LogP contribution is 2.38. The highest BCUT2D eigenvalue weighted by molar-refractivity contribution is 6.36. The van der Waals surface area contributed by atoms with Crippen molar-refractivity contribution >= 4 is 23.7 Å². The van der Waals surface area contributed by atoms with Gasteiger partial charge in [0.25, 0.3) is 5.91 Å². The van der Waals surface area contributed by atoms with Crippen molar-refractivity contribution in [3.05, 3.63) is 48.0 Å². The molecule has 0 radical (unpaired) electrons. The molecule has 4 heteroatoms. The number of hydrogen-bond donors (Lipinski definition) is 0. The van der Waals surface area contributed by atoms with Crippen molar-refractivity contribution in [1.82, 2.24) is 5.01 Å². The van der Waals surface area contributed by atoms with Gasteiger partial charge in [0.15, 0.2) is 0 Å². The minimum atomic E-state index is -0.579. The first kappa shape index (κ1) is 9.60. The number of hydrogen-bond acceptors (Lipinski definition) is 2. The van der Waals surface area contributed by atoms with Gasteiger partial charge < -0.3 is 0 Å². The number of benzene rings is 1. The van der Waals surface area contributed by atoms with Gasteiger partial charge in [-0.1, -0.05) is 30.4 Å². The van der Waals surface area contributed by atoms with Crippen LogP contribution < -0.4 is 0 Å². The average molecular weight is 233 g/mol. The molecule has 2 aliphatic rings. The van der Waals surface area contributed by atoms with E-state index < -0.39 is 4.87 Å². The lowest BCUT2D eigenvalue weighted by atomic mass is 9.89.